The first-order valence-electron chi connectivity index (χ1n) is 6.74. The van der Waals surface area contributed by atoms with Crippen molar-refractivity contribution in [3.8, 4) is 11.5 Å². The van der Waals surface area contributed by atoms with Gasteiger partial charge < -0.3 is 34.8 Å². The van der Waals surface area contributed by atoms with Crippen molar-refractivity contribution in [1.29, 1.82) is 0 Å². The molecule has 0 unspecified atom stereocenters. The molecule has 0 heterocycles. The predicted octanol–water partition coefficient (Wildman–Crippen LogP) is -4.57. The van der Waals surface area contributed by atoms with E-state index in [4.69, 9.17) is 55.9 Å². The molecule has 0 saturated carbocycles. The molecular formula is C16H12Cl4K2O7. The number of halogens is 4. The fraction of sp³-hybridized carbons (Fsp3) is 0.125. The summed E-state index contributed by atoms with van der Waals surface area (Å²) in [6.45, 7) is -1.05. The topological polar surface area (TPSA) is 130 Å². The minimum absolute atomic E-state index is 0. The van der Waals surface area contributed by atoms with Crippen LogP contribution in [0.25, 0.3) is 0 Å². The van der Waals surface area contributed by atoms with Crippen LogP contribution < -0.4 is 122 Å². The van der Waals surface area contributed by atoms with Crippen LogP contribution in [0.1, 0.15) is 0 Å². The number of hydrogen-bond acceptors (Lipinski definition) is 6. The Kier molecular flexibility index (Phi) is 22.8. The Hall–Kier alpha value is 1.37. The van der Waals surface area contributed by atoms with Gasteiger partial charge in [-0.1, -0.05) is 46.4 Å². The molecule has 0 saturated heterocycles. The maximum Gasteiger partial charge on any atom is 1.00 e. The van der Waals surface area contributed by atoms with Crippen LogP contribution in [0.15, 0.2) is 36.4 Å². The Morgan fingerprint density at radius 3 is 1.28 bits per heavy atom. The summed E-state index contributed by atoms with van der Waals surface area (Å²) in [7, 11) is 0. The monoisotopic (exact) mass is 534 g/mol. The summed E-state index contributed by atoms with van der Waals surface area (Å²) in [5, 5.41) is 21.6. The van der Waals surface area contributed by atoms with E-state index in [1.807, 2.05) is 0 Å². The summed E-state index contributed by atoms with van der Waals surface area (Å²) < 4.78 is 9.60. The third-order valence-corrected chi connectivity index (χ3v) is 3.54. The van der Waals surface area contributed by atoms with Gasteiger partial charge in [0.25, 0.3) is 0 Å². The molecule has 0 bridgehead atoms. The molecule has 148 valence electrons. The van der Waals surface area contributed by atoms with Gasteiger partial charge in [-0.15, -0.1) is 0 Å². The number of carbonyl (C=O) groups is 2. The number of benzene rings is 2. The molecule has 0 fully saturated rings. The van der Waals surface area contributed by atoms with Gasteiger partial charge in [0, 0.05) is 10.0 Å². The third kappa shape index (κ3) is 15.8. The van der Waals surface area contributed by atoms with Crippen molar-refractivity contribution in [2.45, 2.75) is 0 Å². The molecule has 0 radical (unpaired) electrons. The minimum atomic E-state index is -1.30. The normalized spacial score (nSPS) is 8.69. The van der Waals surface area contributed by atoms with Crippen LogP contribution in [-0.4, -0.2) is 30.6 Å². The first-order valence-corrected chi connectivity index (χ1v) is 8.25. The van der Waals surface area contributed by atoms with Crippen molar-refractivity contribution in [2.24, 2.45) is 0 Å². The van der Waals surface area contributed by atoms with Gasteiger partial charge in [0.1, 0.15) is 24.7 Å². The Labute approximate surface area is 272 Å². The standard InChI is InChI=1S/2C8H6Cl2O3.2K.H2O/c2*9-5-1-2-7(6(10)3-5)13-4-8(11)12;;;/h2*1-3H,4H2,(H,11,12);;;1H2/q;;2*+1;/p-2. The van der Waals surface area contributed by atoms with E-state index in [-0.39, 0.29) is 130 Å². The molecule has 0 atom stereocenters. The van der Waals surface area contributed by atoms with Crippen molar-refractivity contribution in [3.63, 3.8) is 0 Å². The number of carboxylic acid groups (broad SMARTS) is 2. The second kappa shape index (κ2) is 18.9. The molecule has 0 aliphatic heterocycles. The molecule has 2 rings (SSSR count). The molecule has 0 amide bonds. The van der Waals surface area contributed by atoms with Gasteiger partial charge in [-0.05, 0) is 36.4 Å². The number of carboxylic acids is 2. The number of ether oxygens (including phenoxy) is 2. The summed E-state index contributed by atoms with van der Waals surface area (Å²) in [6.07, 6.45) is 0. The Balaban J connectivity index is -0.000000422. The van der Waals surface area contributed by atoms with Crippen LogP contribution in [0.4, 0.5) is 0 Å². The van der Waals surface area contributed by atoms with Gasteiger partial charge in [0.15, 0.2) is 0 Å². The molecule has 13 heteroatoms. The van der Waals surface area contributed by atoms with E-state index in [2.05, 4.69) is 0 Å². The van der Waals surface area contributed by atoms with Crippen molar-refractivity contribution in [2.75, 3.05) is 13.2 Å². The van der Waals surface area contributed by atoms with E-state index in [1.165, 1.54) is 24.3 Å². The van der Waals surface area contributed by atoms with Crippen molar-refractivity contribution >= 4 is 58.3 Å². The zero-order valence-corrected chi connectivity index (χ0v) is 24.6. The first kappa shape index (κ1) is 35.0. The molecule has 0 aliphatic carbocycles. The molecule has 0 aromatic heterocycles. The van der Waals surface area contributed by atoms with Gasteiger partial charge in [-0.2, -0.15) is 0 Å². The van der Waals surface area contributed by atoms with Crippen molar-refractivity contribution in [3.05, 3.63) is 56.5 Å². The zero-order valence-electron chi connectivity index (χ0n) is 15.3. The zero-order chi connectivity index (χ0) is 19.7. The van der Waals surface area contributed by atoms with Gasteiger partial charge in [-0.3, -0.25) is 0 Å². The first-order chi connectivity index (χ1) is 12.2. The molecule has 0 spiro atoms. The van der Waals surface area contributed by atoms with E-state index in [1.54, 1.807) is 12.1 Å². The maximum atomic E-state index is 10.0. The number of rotatable bonds is 6. The fourth-order valence-electron chi connectivity index (χ4n) is 1.46. The van der Waals surface area contributed by atoms with E-state index in [0.717, 1.165) is 0 Å². The van der Waals surface area contributed by atoms with Crippen molar-refractivity contribution < 1.29 is 138 Å². The summed E-state index contributed by atoms with van der Waals surface area (Å²) in [5.74, 6) is -2.05. The van der Waals surface area contributed by atoms with Crippen LogP contribution in [0, 0.1) is 0 Å². The van der Waals surface area contributed by atoms with E-state index >= 15 is 0 Å². The smallest absolute Gasteiger partial charge is 0.546 e. The van der Waals surface area contributed by atoms with Crippen LogP contribution in [0.3, 0.4) is 0 Å². The van der Waals surface area contributed by atoms with Gasteiger partial charge in [0.2, 0.25) is 0 Å². The quantitative estimate of drug-likeness (QED) is 0.342. The largest absolute Gasteiger partial charge is 1.00 e. The Morgan fingerprint density at radius 2 is 1.03 bits per heavy atom. The van der Waals surface area contributed by atoms with Gasteiger partial charge in [-0.25, -0.2) is 0 Å². The summed E-state index contributed by atoms with van der Waals surface area (Å²) >= 11 is 22.6. The summed E-state index contributed by atoms with van der Waals surface area (Å²) in [5.41, 5.74) is 0. The number of aliphatic carboxylic acids is 2. The van der Waals surface area contributed by atoms with E-state index < -0.39 is 25.2 Å². The van der Waals surface area contributed by atoms with Gasteiger partial charge >= 0.3 is 103 Å². The predicted molar refractivity (Wildman–Crippen MR) is 97.5 cm³/mol. The number of hydrogen-bond donors (Lipinski definition) is 0. The van der Waals surface area contributed by atoms with Crippen LogP contribution >= 0.6 is 46.4 Å². The second-order valence-corrected chi connectivity index (χ2v) is 6.16. The van der Waals surface area contributed by atoms with Crippen LogP contribution in [0.2, 0.25) is 20.1 Å². The second-order valence-electron chi connectivity index (χ2n) is 4.47. The average molecular weight is 536 g/mol. The van der Waals surface area contributed by atoms with Crippen LogP contribution in [-0.2, 0) is 9.59 Å². The summed E-state index contributed by atoms with van der Waals surface area (Å²) in [4.78, 5) is 20.1. The third-order valence-electron chi connectivity index (χ3n) is 2.48. The van der Waals surface area contributed by atoms with E-state index in [9.17, 15) is 19.8 Å². The molecular weight excluding hydrogens is 524 g/mol. The van der Waals surface area contributed by atoms with Crippen LogP contribution in [0.5, 0.6) is 11.5 Å². The fourth-order valence-corrected chi connectivity index (χ4v) is 2.38. The molecule has 2 aromatic rings. The Morgan fingerprint density at radius 1 is 0.724 bits per heavy atom. The number of carbonyl (C=O) groups excluding carboxylic acids is 2. The molecule has 2 N–H and O–H groups in total. The molecule has 29 heavy (non-hydrogen) atoms. The molecule has 7 nitrogen and oxygen atoms in total. The maximum absolute atomic E-state index is 10.0. The van der Waals surface area contributed by atoms with E-state index in [0.29, 0.717) is 10.0 Å². The van der Waals surface area contributed by atoms with Crippen molar-refractivity contribution in [1.82, 2.24) is 0 Å². The SMILES string of the molecule is O.O=C([O-])COc1ccc(Cl)cc1Cl.O=C([O-])COc1ccc(Cl)cc1Cl.[K+].[K+]. The molecule has 2 aromatic carbocycles. The molecule has 0 aliphatic rings. The minimum Gasteiger partial charge on any atom is -0.546 e. The average Bonchev–Trinajstić information content (AvgIpc) is 2.53. The van der Waals surface area contributed by atoms with Gasteiger partial charge in [0.05, 0.1) is 22.0 Å². The summed E-state index contributed by atoms with van der Waals surface area (Å²) in [6, 6.07) is 9.03. The Bertz CT molecular complexity index is 728.